The number of para-hydroxylation sites is 2. The van der Waals surface area contributed by atoms with Crippen molar-refractivity contribution in [2.24, 2.45) is 0 Å². The summed E-state index contributed by atoms with van der Waals surface area (Å²) >= 11 is 3.35. The summed E-state index contributed by atoms with van der Waals surface area (Å²) in [5, 5.41) is 0. The van der Waals surface area contributed by atoms with Crippen LogP contribution < -0.4 is 9.46 Å². The zero-order chi connectivity index (χ0) is 14.8. The number of hydrogen-bond donors (Lipinski definition) is 1. The predicted molar refractivity (Wildman–Crippen MR) is 82.7 cm³/mol. The number of rotatable bonds is 4. The molecule has 0 fully saturated rings. The van der Waals surface area contributed by atoms with Crippen molar-refractivity contribution in [1.29, 1.82) is 0 Å². The second-order valence-corrected chi connectivity index (χ2v) is 6.75. The molecule has 0 atom stereocenters. The fraction of sp³-hybridized carbons (Fsp3) is 0.143. The highest BCUT2D eigenvalue weighted by Crippen LogP contribution is 2.27. The standard InChI is InChI=1S/C14H14BrNO3S/c1-10-9-11(7-8-12(10)15)20(17,18)16-13-5-3-4-6-14(13)19-2/h3-9,16H,1-2H3. The largest absolute Gasteiger partial charge is 0.495 e. The van der Waals surface area contributed by atoms with Crippen molar-refractivity contribution in [2.75, 3.05) is 11.8 Å². The van der Waals surface area contributed by atoms with Crippen LogP contribution in [0.1, 0.15) is 5.56 Å². The van der Waals surface area contributed by atoms with Crippen LogP contribution in [0.3, 0.4) is 0 Å². The molecular formula is C14H14BrNO3S. The van der Waals surface area contributed by atoms with Crippen molar-refractivity contribution >= 4 is 31.6 Å². The van der Waals surface area contributed by atoms with E-state index in [-0.39, 0.29) is 4.90 Å². The molecule has 106 valence electrons. The predicted octanol–water partition coefficient (Wildman–Crippen LogP) is 3.57. The number of aryl methyl sites for hydroxylation is 1. The van der Waals surface area contributed by atoms with Crippen molar-refractivity contribution in [3.05, 3.63) is 52.5 Å². The van der Waals surface area contributed by atoms with Crippen LogP contribution in [-0.4, -0.2) is 15.5 Å². The lowest BCUT2D eigenvalue weighted by molar-refractivity contribution is 0.417. The zero-order valence-electron chi connectivity index (χ0n) is 11.1. The van der Waals surface area contributed by atoms with E-state index < -0.39 is 10.0 Å². The molecule has 1 N–H and O–H groups in total. The van der Waals surface area contributed by atoms with Crippen molar-refractivity contribution < 1.29 is 13.2 Å². The Labute approximate surface area is 127 Å². The maximum atomic E-state index is 12.4. The third kappa shape index (κ3) is 3.13. The highest BCUT2D eigenvalue weighted by Gasteiger charge is 2.16. The van der Waals surface area contributed by atoms with Gasteiger partial charge in [0.15, 0.2) is 0 Å². The van der Waals surface area contributed by atoms with Crippen LogP contribution in [0.5, 0.6) is 5.75 Å². The van der Waals surface area contributed by atoms with E-state index in [2.05, 4.69) is 20.7 Å². The first kappa shape index (κ1) is 14.9. The van der Waals surface area contributed by atoms with Gasteiger partial charge in [0.1, 0.15) is 5.75 Å². The summed E-state index contributed by atoms with van der Waals surface area (Å²) in [6.45, 7) is 1.84. The van der Waals surface area contributed by atoms with Crippen LogP contribution in [0.15, 0.2) is 51.8 Å². The van der Waals surface area contributed by atoms with E-state index in [1.165, 1.54) is 7.11 Å². The van der Waals surface area contributed by atoms with Gasteiger partial charge in [-0.05, 0) is 42.8 Å². The van der Waals surface area contributed by atoms with Gasteiger partial charge in [0, 0.05) is 4.47 Å². The number of sulfonamides is 1. The van der Waals surface area contributed by atoms with E-state index in [9.17, 15) is 8.42 Å². The maximum absolute atomic E-state index is 12.4. The van der Waals surface area contributed by atoms with Gasteiger partial charge in [0.05, 0.1) is 17.7 Å². The van der Waals surface area contributed by atoms with Gasteiger partial charge in [-0.3, -0.25) is 4.72 Å². The minimum atomic E-state index is -3.64. The molecule has 6 heteroatoms. The number of methoxy groups -OCH3 is 1. The Bertz CT molecular complexity index is 729. The van der Waals surface area contributed by atoms with Crippen LogP contribution in [-0.2, 0) is 10.0 Å². The molecule has 4 nitrogen and oxygen atoms in total. The first-order valence-electron chi connectivity index (χ1n) is 5.86. The lowest BCUT2D eigenvalue weighted by Gasteiger charge is -2.12. The summed E-state index contributed by atoms with van der Waals surface area (Å²) in [6.07, 6.45) is 0. The molecule has 0 heterocycles. The van der Waals surface area contributed by atoms with E-state index in [0.29, 0.717) is 11.4 Å². The summed E-state index contributed by atoms with van der Waals surface area (Å²) in [7, 11) is -2.14. The number of benzene rings is 2. The van der Waals surface area contributed by atoms with E-state index in [0.717, 1.165) is 10.0 Å². The summed E-state index contributed by atoms with van der Waals surface area (Å²) in [4.78, 5) is 0.212. The Morgan fingerprint density at radius 3 is 2.50 bits per heavy atom. The molecule has 2 aromatic rings. The number of hydrogen-bond acceptors (Lipinski definition) is 3. The number of ether oxygens (including phenoxy) is 1. The second kappa shape index (κ2) is 5.85. The van der Waals surface area contributed by atoms with E-state index in [1.807, 2.05) is 6.92 Å². The molecule has 20 heavy (non-hydrogen) atoms. The Kier molecular flexibility index (Phi) is 4.35. The molecule has 0 amide bonds. The average molecular weight is 356 g/mol. The van der Waals surface area contributed by atoms with Crippen molar-refractivity contribution in [1.82, 2.24) is 0 Å². The van der Waals surface area contributed by atoms with Crippen LogP contribution in [0.25, 0.3) is 0 Å². The fourth-order valence-corrected chi connectivity index (χ4v) is 3.12. The molecule has 0 spiro atoms. The quantitative estimate of drug-likeness (QED) is 0.911. The molecule has 0 saturated carbocycles. The number of halogens is 1. The highest BCUT2D eigenvalue weighted by molar-refractivity contribution is 9.10. The monoisotopic (exact) mass is 355 g/mol. The molecule has 0 unspecified atom stereocenters. The van der Waals surface area contributed by atoms with E-state index >= 15 is 0 Å². The molecule has 0 saturated heterocycles. The molecular weight excluding hydrogens is 342 g/mol. The van der Waals surface area contributed by atoms with Crippen molar-refractivity contribution in [2.45, 2.75) is 11.8 Å². The second-order valence-electron chi connectivity index (χ2n) is 4.22. The SMILES string of the molecule is COc1ccccc1NS(=O)(=O)c1ccc(Br)c(C)c1. The minimum Gasteiger partial charge on any atom is -0.495 e. The normalized spacial score (nSPS) is 11.2. The minimum absolute atomic E-state index is 0.212. The summed E-state index contributed by atoms with van der Waals surface area (Å²) in [5.41, 5.74) is 1.27. The topological polar surface area (TPSA) is 55.4 Å². The number of nitrogens with one attached hydrogen (secondary N) is 1. The van der Waals surface area contributed by atoms with Gasteiger partial charge in [0.25, 0.3) is 10.0 Å². The fourth-order valence-electron chi connectivity index (χ4n) is 1.72. The zero-order valence-corrected chi connectivity index (χ0v) is 13.5. The van der Waals surface area contributed by atoms with Gasteiger partial charge < -0.3 is 4.74 Å². The number of anilines is 1. The van der Waals surface area contributed by atoms with Gasteiger partial charge in [0.2, 0.25) is 0 Å². The molecule has 0 aliphatic heterocycles. The molecule has 2 rings (SSSR count). The van der Waals surface area contributed by atoms with Crippen LogP contribution in [0.2, 0.25) is 0 Å². The third-order valence-electron chi connectivity index (χ3n) is 2.79. The Hall–Kier alpha value is -1.53. The molecule has 0 radical (unpaired) electrons. The Morgan fingerprint density at radius 1 is 1.15 bits per heavy atom. The molecule has 0 aliphatic carbocycles. The van der Waals surface area contributed by atoms with Crippen LogP contribution in [0, 0.1) is 6.92 Å². The molecule has 0 bridgehead atoms. The van der Waals surface area contributed by atoms with Gasteiger partial charge >= 0.3 is 0 Å². The average Bonchev–Trinajstić information content (AvgIpc) is 2.42. The first-order chi connectivity index (χ1) is 9.44. The van der Waals surface area contributed by atoms with Gasteiger partial charge in [-0.15, -0.1) is 0 Å². The molecule has 0 aliphatic rings. The van der Waals surface area contributed by atoms with Crippen molar-refractivity contribution in [3.8, 4) is 5.75 Å². The van der Waals surface area contributed by atoms with E-state index in [1.54, 1.807) is 42.5 Å². The lowest BCUT2D eigenvalue weighted by Crippen LogP contribution is -2.13. The Balaban J connectivity index is 2.38. The molecule has 2 aromatic carbocycles. The molecule has 0 aromatic heterocycles. The summed E-state index contributed by atoms with van der Waals surface area (Å²) in [6, 6.07) is 11.8. The lowest BCUT2D eigenvalue weighted by atomic mass is 10.2. The van der Waals surface area contributed by atoms with E-state index in [4.69, 9.17) is 4.74 Å². The highest BCUT2D eigenvalue weighted by atomic mass is 79.9. The third-order valence-corrected chi connectivity index (χ3v) is 5.04. The van der Waals surface area contributed by atoms with Crippen molar-refractivity contribution in [3.63, 3.8) is 0 Å². The maximum Gasteiger partial charge on any atom is 0.262 e. The van der Waals surface area contributed by atoms with Crippen LogP contribution >= 0.6 is 15.9 Å². The summed E-state index contributed by atoms with van der Waals surface area (Å²) in [5.74, 6) is 0.477. The van der Waals surface area contributed by atoms with Gasteiger partial charge in [-0.2, -0.15) is 0 Å². The van der Waals surface area contributed by atoms with Gasteiger partial charge in [-0.1, -0.05) is 28.1 Å². The van der Waals surface area contributed by atoms with Crippen LogP contribution in [0.4, 0.5) is 5.69 Å². The summed E-state index contributed by atoms with van der Waals surface area (Å²) < 4.78 is 33.2. The Morgan fingerprint density at radius 2 is 1.85 bits per heavy atom. The smallest absolute Gasteiger partial charge is 0.262 e. The first-order valence-corrected chi connectivity index (χ1v) is 8.13. The van der Waals surface area contributed by atoms with Gasteiger partial charge in [-0.25, -0.2) is 8.42 Å².